The molecule has 0 heterocycles. The number of hydrogen-bond donors (Lipinski definition) is 1. The second-order valence-electron chi connectivity index (χ2n) is 2.60. The summed E-state index contributed by atoms with van der Waals surface area (Å²) in [7, 11) is 1.35. The summed E-state index contributed by atoms with van der Waals surface area (Å²) in [5.41, 5.74) is 5.23. The van der Waals surface area contributed by atoms with Gasteiger partial charge in [0.15, 0.2) is 5.78 Å². The molecule has 0 spiro atoms. The van der Waals surface area contributed by atoms with Gasteiger partial charge in [-0.25, -0.2) is 4.39 Å². The molecule has 0 bridgehead atoms. The molecule has 3 nitrogen and oxygen atoms in total. The lowest BCUT2D eigenvalue weighted by molar-refractivity contribution is 0.0998. The second-order valence-corrected chi connectivity index (χ2v) is 3.00. The van der Waals surface area contributed by atoms with Gasteiger partial charge in [0.1, 0.15) is 11.6 Å². The summed E-state index contributed by atoms with van der Waals surface area (Å²) >= 11 is 5.68. The van der Waals surface area contributed by atoms with Gasteiger partial charge in [0, 0.05) is 0 Å². The Balaban J connectivity index is 3.32. The summed E-state index contributed by atoms with van der Waals surface area (Å²) in [6, 6.07) is 2.13. The maximum atomic E-state index is 12.9. The van der Waals surface area contributed by atoms with Gasteiger partial charge < -0.3 is 10.5 Å². The molecule has 0 aliphatic rings. The first-order valence-corrected chi connectivity index (χ1v) is 4.24. The molecule has 1 rings (SSSR count). The molecule has 76 valence electrons. The predicted octanol–water partition coefficient (Wildman–Crippen LogP) is 1.63. The van der Waals surface area contributed by atoms with E-state index in [-0.39, 0.29) is 22.9 Å². The van der Waals surface area contributed by atoms with Gasteiger partial charge in [0.2, 0.25) is 0 Å². The van der Waals surface area contributed by atoms with E-state index in [0.717, 1.165) is 12.1 Å². The zero-order valence-electron chi connectivity index (χ0n) is 7.51. The van der Waals surface area contributed by atoms with E-state index in [1.807, 2.05) is 0 Å². The number of halogens is 2. The Kier molecular flexibility index (Phi) is 3.43. The van der Waals surface area contributed by atoms with Crippen molar-refractivity contribution in [3.63, 3.8) is 0 Å². The summed E-state index contributed by atoms with van der Waals surface area (Å²) in [5, 5.41) is 0.0595. The third-order valence-corrected chi connectivity index (χ3v) is 1.98. The van der Waals surface area contributed by atoms with E-state index in [9.17, 15) is 9.18 Å². The van der Waals surface area contributed by atoms with Crippen molar-refractivity contribution in [2.75, 3.05) is 13.7 Å². The Morgan fingerprint density at radius 2 is 2.29 bits per heavy atom. The van der Waals surface area contributed by atoms with Crippen LogP contribution < -0.4 is 10.5 Å². The smallest absolute Gasteiger partial charge is 0.180 e. The Morgan fingerprint density at radius 1 is 1.64 bits per heavy atom. The molecule has 2 N–H and O–H groups in total. The Hall–Kier alpha value is -1.13. The molecule has 0 aromatic heterocycles. The fourth-order valence-corrected chi connectivity index (χ4v) is 1.37. The van der Waals surface area contributed by atoms with Gasteiger partial charge in [-0.2, -0.15) is 0 Å². The average Bonchev–Trinajstić information content (AvgIpc) is 2.15. The zero-order valence-corrected chi connectivity index (χ0v) is 8.27. The first-order valence-electron chi connectivity index (χ1n) is 3.86. The highest BCUT2D eigenvalue weighted by atomic mass is 35.5. The number of carbonyl (C=O) groups is 1. The summed E-state index contributed by atoms with van der Waals surface area (Å²) in [5.74, 6) is -0.848. The Labute approximate surface area is 85.6 Å². The van der Waals surface area contributed by atoms with Gasteiger partial charge in [-0.05, 0) is 12.1 Å². The summed E-state index contributed by atoms with van der Waals surface area (Å²) in [6.45, 7) is -0.212. The molecule has 0 aliphatic carbocycles. The van der Waals surface area contributed by atoms with E-state index >= 15 is 0 Å². The SMILES string of the molecule is COc1c(Cl)cc(F)cc1C(=O)CN. The molecule has 0 fully saturated rings. The van der Waals surface area contributed by atoms with Gasteiger partial charge in [-0.15, -0.1) is 0 Å². The van der Waals surface area contributed by atoms with Crippen molar-refractivity contribution >= 4 is 17.4 Å². The third-order valence-electron chi connectivity index (χ3n) is 1.70. The molecule has 0 saturated heterocycles. The number of nitrogens with two attached hydrogens (primary N) is 1. The highest BCUT2D eigenvalue weighted by molar-refractivity contribution is 6.32. The standard InChI is InChI=1S/C9H9ClFNO2/c1-14-9-6(8(13)4-12)2-5(11)3-7(9)10/h2-3H,4,12H2,1H3. The van der Waals surface area contributed by atoms with Crippen LogP contribution in [0.25, 0.3) is 0 Å². The van der Waals surface area contributed by atoms with Crippen LogP contribution in [0.2, 0.25) is 5.02 Å². The van der Waals surface area contributed by atoms with E-state index in [2.05, 4.69) is 0 Å². The van der Waals surface area contributed by atoms with Crippen molar-refractivity contribution in [2.45, 2.75) is 0 Å². The van der Waals surface area contributed by atoms with Crippen molar-refractivity contribution in [3.05, 3.63) is 28.5 Å². The van der Waals surface area contributed by atoms with Crippen LogP contribution in [0.4, 0.5) is 4.39 Å². The summed E-state index contributed by atoms with van der Waals surface area (Å²) < 4.78 is 17.8. The molecular formula is C9H9ClFNO2. The lowest BCUT2D eigenvalue weighted by Gasteiger charge is -2.08. The molecule has 1 aromatic carbocycles. The van der Waals surface area contributed by atoms with Crippen LogP contribution in [0, 0.1) is 5.82 Å². The molecule has 0 atom stereocenters. The van der Waals surface area contributed by atoms with E-state index < -0.39 is 11.6 Å². The van der Waals surface area contributed by atoms with E-state index in [4.69, 9.17) is 22.1 Å². The third kappa shape index (κ3) is 2.02. The van der Waals surface area contributed by atoms with Crippen LogP contribution in [-0.4, -0.2) is 19.4 Å². The lowest BCUT2D eigenvalue weighted by Crippen LogP contribution is -2.15. The van der Waals surface area contributed by atoms with Crippen molar-refractivity contribution < 1.29 is 13.9 Å². The number of Topliss-reactive ketones (excluding diaryl/α,β-unsaturated/α-hetero) is 1. The number of rotatable bonds is 3. The minimum absolute atomic E-state index is 0.0595. The fourth-order valence-electron chi connectivity index (χ4n) is 1.08. The van der Waals surface area contributed by atoms with Gasteiger partial charge in [0.25, 0.3) is 0 Å². The first-order chi connectivity index (χ1) is 6.60. The van der Waals surface area contributed by atoms with Crippen LogP contribution in [0.5, 0.6) is 5.75 Å². The normalized spacial score (nSPS) is 10.0. The minimum atomic E-state index is -0.590. The quantitative estimate of drug-likeness (QED) is 0.783. The van der Waals surface area contributed by atoms with E-state index in [1.165, 1.54) is 7.11 Å². The van der Waals surface area contributed by atoms with Crippen molar-refractivity contribution in [3.8, 4) is 5.75 Å². The maximum Gasteiger partial charge on any atom is 0.180 e. The molecule has 14 heavy (non-hydrogen) atoms. The monoisotopic (exact) mass is 217 g/mol. The second kappa shape index (κ2) is 4.39. The van der Waals surface area contributed by atoms with Crippen molar-refractivity contribution in [1.82, 2.24) is 0 Å². The van der Waals surface area contributed by atoms with Crippen LogP contribution >= 0.6 is 11.6 Å². The number of methoxy groups -OCH3 is 1. The van der Waals surface area contributed by atoms with Crippen molar-refractivity contribution in [1.29, 1.82) is 0 Å². The van der Waals surface area contributed by atoms with Gasteiger partial charge in [-0.3, -0.25) is 4.79 Å². The highest BCUT2D eigenvalue weighted by Crippen LogP contribution is 2.29. The number of benzene rings is 1. The molecule has 0 saturated carbocycles. The zero-order chi connectivity index (χ0) is 10.7. The molecule has 0 aliphatic heterocycles. The molecule has 0 radical (unpaired) electrons. The topological polar surface area (TPSA) is 52.3 Å². The van der Waals surface area contributed by atoms with E-state index in [1.54, 1.807) is 0 Å². The predicted molar refractivity (Wildman–Crippen MR) is 51.3 cm³/mol. The maximum absolute atomic E-state index is 12.9. The number of hydrogen-bond acceptors (Lipinski definition) is 3. The van der Waals surface area contributed by atoms with Crippen LogP contribution in [0.3, 0.4) is 0 Å². The minimum Gasteiger partial charge on any atom is -0.494 e. The molecule has 5 heteroatoms. The summed E-state index contributed by atoms with van der Waals surface area (Å²) in [6.07, 6.45) is 0. The fraction of sp³-hybridized carbons (Fsp3) is 0.222. The van der Waals surface area contributed by atoms with Gasteiger partial charge in [0.05, 0.1) is 24.2 Å². The molecule has 1 aromatic rings. The number of carbonyl (C=O) groups excluding carboxylic acids is 1. The summed E-state index contributed by atoms with van der Waals surface area (Å²) in [4.78, 5) is 11.3. The van der Waals surface area contributed by atoms with Crippen LogP contribution in [0.1, 0.15) is 10.4 Å². The van der Waals surface area contributed by atoms with Crippen LogP contribution in [0.15, 0.2) is 12.1 Å². The van der Waals surface area contributed by atoms with E-state index in [0.29, 0.717) is 0 Å². The molecule has 0 unspecified atom stereocenters. The van der Waals surface area contributed by atoms with Gasteiger partial charge in [-0.1, -0.05) is 11.6 Å². The first kappa shape index (κ1) is 10.9. The van der Waals surface area contributed by atoms with Gasteiger partial charge >= 0.3 is 0 Å². The molecular weight excluding hydrogens is 209 g/mol. The van der Waals surface area contributed by atoms with Crippen LogP contribution in [-0.2, 0) is 0 Å². The number of ketones is 1. The largest absolute Gasteiger partial charge is 0.494 e. The average molecular weight is 218 g/mol. The number of ether oxygens (including phenoxy) is 1. The highest BCUT2D eigenvalue weighted by Gasteiger charge is 2.15. The van der Waals surface area contributed by atoms with Crippen molar-refractivity contribution in [2.24, 2.45) is 5.73 Å². The Morgan fingerprint density at radius 3 is 2.79 bits per heavy atom. The Bertz CT molecular complexity index is 368. The molecule has 0 amide bonds. The lowest BCUT2D eigenvalue weighted by atomic mass is 10.1.